The zero-order chi connectivity index (χ0) is 12.5. The fourth-order valence-corrected chi connectivity index (χ4v) is 2.75. The van der Waals surface area contributed by atoms with Crippen molar-refractivity contribution in [2.45, 2.75) is 0 Å². The average molecular weight is 350 g/mol. The van der Waals surface area contributed by atoms with Crippen molar-refractivity contribution >= 4 is 28.1 Å². The van der Waals surface area contributed by atoms with Crippen LogP contribution in [-0.2, 0) is 0 Å². The van der Waals surface area contributed by atoms with Crippen molar-refractivity contribution in [2.24, 2.45) is 0 Å². The molecule has 18 heavy (non-hydrogen) atoms. The highest BCUT2D eigenvalue weighted by atomic mass is 127. The van der Waals surface area contributed by atoms with Gasteiger partial charge in [0.25, 0.3) is 0 Å². The minimum absolute atomic E-state index is 0.859. The van der Waals surface area contributed by atoms with Crippen molar-refractivity contribution in [2.75, 3.05) is 7.11 Å². The second kappa shape index (κ2) is 4.61. The van der Waals surface area contributed by atoms with Gasteiger partial charge in [0.15, 0.2) is 0 Å². The standard InChI is InChI=1S/C14H11IN2O/c1-18-11-7-5-10(6-8-11)14-13(15)12-4-2-3-9-17(12)16-14/h2-9H,1H3. The fraction of sp³-hybridized carbons (Fsp3) is 0.0714. The molecule has 4 heteroatoms. The highest BCUT2D eigenvalue weighted by Crippen LogP contribution is 2.28. The maximum Gasteiger partial charge on any atom is 0.118 e. The highest BCUT2D eigenvalue weighted by Gasteiger charge is 2.11. The minimum Gasteiger partial charge on any atom is -0.497 e. The molecule has 0 aliphatic rings. The van der Waals surface area contributed by atoms with Crippen molar-refractivity contribution < 1.29 is 4.74 Å². The molecule has 2 heterocycles. The average Bonchev–Trinajstić information content (AvgIpc) is 2.77. The first-order valence-electron chi connectivity index (χ1n) is 5.57. The van der Waals surface area contributed by atoms with Crippen molar-refractivity contribution in [1.82, 2.24) is 9.61 Å². The third-order valence-electron chi connectivity index (χ3n) is 2.84. The number of rotatable bonds is 2. The van der Waals surface area contributed by atoms with Gasteiger partial charge in [0, 0.05) is 11.8 Å². The van der Waals surface area contributed by atoms with E-state index >= 15 is 0 Å². The van der Waals surface area contributed by atoms with Crippen molar-refractivity contribution in [3.05, 3.63) is 52.2 Å². The van der Waals surface area contributed by atoms with Crippen molar-refractivity contribution in [3.8, 4) is 17.0 Å². The fourth-order valence-electron chi connectivity index (χ4n) is 1.90. The number of hydrogen-bond donors (Lipinski definition) is 0. The molecular formula is C14H11IN2O. The van der Waals surface area contributed by atoms with Gasteiger partial charge in [-0.2, -0.15) is 5.10 Å². The number of aromatic nitrogens is 2. The number of nitrogens with zero attached hydrogens (tertiary/aromatic N) is 2. The van der Waals surface area contributed by atoms with E-state index in [9.17, 15) is 0 Å². The smallest absolute Gasteiger partial charge is 0.118 e. The Labute approximate surface area is 119 Å². The first kappa shape index (κ1) is 11.5. The number of benzene rings is 1. The molecule has 90 valence electrons. The lowest BCUT2D eigenvalue weighted by Crippen LogP contribution is -1.86. The van der Waals surface area contributed by atoms with Gasteiger partial charge in [0.1, 0.15) is 11.4 Å². The van der Waals surface area contributed by atoms with Crippen LogP contribution in [0.25, 0.3) is 16.8 Å². The summed E-state index contributed by atoms with van der Waals surface area (Å²) in [6, 6.07) is 14.0. The summed E-state index contributed by atoms with van der Waals surface area (Å²) >= 11 is 2.34. The van der Waals surface area contributed by atoms with Crippen LogP contribution in [0.15, 0.2) is 48.7 Å². The molecule has 0 spiro atoms. The van der Waals surface area contributed by atoms with Crippen LogP contribution in [0.5, 0.6) is 5.75 Å². The number of fused-ring (bicyclic) bond motifs is 1. The topological polar surface area (TPSA) is 26.5 Å². The highest BCUT2D eigenvalue weighted by molar-refractivity contribution is 14.1. The lowest BCUT2D eigenvalue weighted by atomic mass is 10.1. The van der Waals surface area contributed by atoms with Crippen LogP contribution in [0, 0.1) is 3.57 Å². The second-order valence-corrected chi connectivity index (χ2v) is 5.00. The summed E-state index contributed by atoms with van der Waals surface area (Å²) in [5.41, 5.74) is 3.23. The number of pyridine rings is 1. The molecule has 0 bridgehead atoms. The molecule has 2 aromatic heterocycles. The molecule has 3 rings (SSSR count). The summed E-state index contributed by atoms with van der Waals surface area (Å²) in [5, 5.41) is 4.61. The van der Waals surface area contributed by atoms with E-state index in [1.165, 1.54) is 3.57 Å². The Morgan fingerprint density at radius 3 is 2.56 bits per heavy atom. The zero-order valence-electron chi connectivity index (χ0n) is 9.80. The lowest BCUT2D eigenvalue weighted by molar-refractivity contribution is 0.415. The minimum atomic E-state index is 0.859. The van der Waals surface area contributed by atoms with Crippen LogP contribution >= 0.6 is 22.6 Å². The van der Waals surface area contributed by atoms with Crippen LogP contribution in [0.2, 0.25) is 0 Å². The molecule has 1 aromatic carbocycles. The molecule has 0 N–H and O–H groups in total. The lowest BCUT2D eigenvalue weighted by Gasteiger charge is -2.01. The second-order valence-electron chi connectivity index (χ2n) is 3.92. The van der Waals surface area contributed by atoms with Gasteiger partial charge in [-0.15, -0.1) is 0 Å². The quantitative estimate of drug-likeness (QED) is 0.660. The number of ether oxygens (including phenoxy) is 1. The van der Waals surface area contributed by atoms with Gasteiger partial charge in [-0.25, -0.2) is 4.52 Å². The molecule has 0 aliphatic heterocycles. The molecule has 0 fully saturated rings. The maximum absolute atomic E-state index is 5.17. The molecule has 0 aliphatic carbocycles. The Hall–Kier alpha value is -1.56. The third-order valence-corrected chi connectivity index (χ3v) is 3.91. The third kappa shape index (κ3) is 1.86. The van der Waals surface area contributed by atoms with Crippen molar-refractivity contribution in [3.63, 3.8) is 0 Å². The van der Waals surface area contributed by atoms with Crippen LogP contribution in [0.4, 0.5) is 0 Å². The van der Waals surface area contributed by atoms with E-state index < -0.39 is 0 Å². The molecule has 3 aromatic rings. The molecule has 0 saturated carbocycles. The predicted molar refractivity (Wildman–Crippen MR) is 79.9 cm³/mol. The molecule has 0 radical (unpaired) electrons. The van der Waals surface area contributed by atoms with Crippen LogP contribution in [0.3, 0.4) is 0 Å². The van der Waals surface area contributed by atoms with Gasteiger partial charge < -0.3 is 4.74 Å². The van der Waals surface area contributed by atoms with Crippen LogP contribution < -0.4 is 4.74 Å². The number of halogens is 1. The summed E-state index contributed by atoms with van der Waals surface area (Å²) in [4.78, 5) is 0. The van der Waals surface area contributed by atoms with Gasteiger partial charge >= 0.3 is 0 Å². The number of methoxy groups -OCH3 is 1. The Morgan fingerprint density at radius 2 is 1.89 bits per heavy atom. The summed E-state index contributed by atoms with van der Waals surface area (Å²) < 4.78 is 8.24. The SMILES string of the molecule is COc1ccc(-c2nn3ccccc3c2I)cc1. The molecule has 0 atom stereocenters. The summed E-state index contributed by atoms with van der Waals surface area (Å²) in [5.74, 6) is 0.859. The van der Waals surface area contributed by atoms with Gasteiger partial charge in [0.2, 0.25) is 0 Å². The molecule has 0 saturated heterocycles. The van der Waals surface area contributed by atoms with Gasteiger partial charge in [0.05, 0.1) is 16.2 Å². The Morgan fingerprint density at radius 1 is 1.11 bits per heavy atom. The zero-order valence-corrected chi connectivity index (χ0v) is 12.0. The maximum atomic E-state index is 5.17. The van der Waals surface area contributed by atoms with Gasteiger partial charge in [-0.1, -0.05) is 6.07 Å². The first-order chi connectivity index (χ1) is 8.79. The largest absolute Gasteiger partial charge is 0.497 e. The van der Waals surface area contributed by atoms with Crippen molar-refractivity contribution in [1.29, 1.82) is 0 Å². The van der Waals surface area contributed by atoms with E-state index in [1.54, 1.807) is 7.11 Å². The monoisotopic (exact) mass is 350 g/mol. The Bertz CT molecular complexity index is 689. The van der Waals surface area contributed by atoms with E-state index in [2.05, 4.69) is 33.8 Å². The predicted octanol–water partition coefficient (Wildman–Crippen LogP) is 3.61. The van der Waals surface area contributed by atoms with E-state index in [0.717, 1.165) is 22.5 Å². The molecule has 3 nitrogen and oxygen atoms in total. The van der Waals surface area contributed by atoms with E-state index in [-0.39, 0.29) is 0 Å². The van der Waals surface area contributed by atoms with Gasteiger partial charge in [-0.3, -0.25) is 0 Å². The van der Waals surface area contributed by atoms with E-state index in [0.29, 0.717) is 0 Å². The number of hydrogen-bond acceptors (Lipinski definition) is 2. The van der Waals surface area contributed by atoms with E-state index in [4.69, 9.17) is 4.74 Å². The first-order valence-corrected chi connectivity index (χ1v) is 6.65. The molecular weight excluding hydrogens is 339 g/mol. The normalized spacial score (nSPS) is 10.8. The molecule has 0 amide bonds. The molecule has 0 unspecified atom stereocenters. The Kier molecular flexibility index (Phi) is 2.95. The van der Waals surface area contributed by atoms with Crippen LogP contribution in [-0.4, -0.2) is 16.7 Å². The summed E-state index contributed by atoms with van der Waals surface area (Å²) in [6.45, 7) is 0. The summed E-state index contributed by atoms with van der Waals surface area (Å²) in [7, 11) is 1.67. The van der Waals surface area contributed by atoms with Gasteiger partial charge in [-0.05, 0) is 59.0 Å². The Balaban J connectivity index is 2.15. The van der Waals surface area contributed by atoms with E-state index in [1.807, 2.05) is 47.1 Å². The summed E-state index contributed by atoms with van der Waals surface area (Å²) in [6.07, 6.45) is 1.96. The van der Waals surface area contributed by atoms with Crippen LogP contribution in [0.1, 0.15) is 0 Å².